The molecule has 0 aliphatic carbocycles. The third-order valence-electron chi connectivity index (χ3n) is 4.67. The summed E-state index contributed by atoms with van der Waals surface area (Å²) >= 11 is 0. The van der Waals surface area contributed by atoms with E-state index in [0.29, 0.717) is 23.6 Å². The zero-order valence-corrected chi connectivity index (χ0v) is 14.3. The van der Waals surface area contributed by atoms with Crippen molar-refractivity contribution in [1.82, 2.24) is 15.8 Å². The molecule has 4 rings (SSSR count). The number of hydrogen-bond donors (Lipinski definition) is 3. The minimum Gasteiger partial charge on any atom is -0.422 e. The summed E-state index contributed by atoms with van der Waals surface area (Å²) in [5.41, 5.74) is 7.48. The summed E-state index contributed by atoms with van der Waals surface area (Å²) in [4.78, 5) is 37.3. The lowest BCUT2D eigenvalue weighted by atomic mass is 9.93. The first kappa shape index (κ1) is 17.1. The van der Waals surface area contributed by atoms with Gasteiger partial charge in [-0.05, 0) is 24.6 Å². The Morgan fingerprint density at radius 3 is 2.89 bits per heavy atom. The molecule has 2 aliphatic rings. The van der Waals surface area contributed by atoms with Crippen molar-refractivity contribution >= 4 is 17.4 Å². The molecule has 27 heavy (non-hydrogen) atoms. The highest BCUT2D eigenvalue weighted by Crippen LogP contribution is 2.34. The number of benzene rings is 1. The van der Waals surface area contributed by atoms with Gasteiger partial charge in [-0.3, -0.25) is 20.3 Å². The number of non-ortho nitro benzene ring substituents is 1. The van der Waals surface area contributed by atoms with Crippen molar-refractivity contribution in [3.63, 3.8) is 0 Å². The van der Waals surface area contributed by atoms with Crippen molar-refractivity contribution in [3.8, 4) is 0 Å². The molecular formula is C18H16N4O5. The molecule has 0 spiro atoms. The normalized spacial score (nSPS) is 22.7. The minimum atomic E-state index is -0.677. The number of hydrogen-bond acceptors (Lipinski definition) is 7. The molecule has 1 aromatic heterocycles. The molecule has 1 saturated heterocycles. The molecular weight excluding hydrogens is 352 g/mol. The summed E-state index contributed by atoms with van der Waals surface area (Å²) in [6, 6.07) is 7.83. The standard InChI is InChI=1S/C18H16N4O5/c1-9-5-13-14(27-18(24)15(13)17(23)20-9)7-11-8-19-21-16(11)10-3-2-4-12(6-10)22(25)26/h2-7,11,16,19,21H,8H2,1H3,(H,20,23)/b14-7+. The van der Waals surface area contributed by atoms with E-state index in [9.17, 15) is 19.7 Å². The summed E-state index contributed by atoms with van der Waals surface area (Å²) < 4.78 is 5.31. The van der Waals surface area contributed by atoms with E-state index < -0.39 is 16.5 Å². The van der Waals surface area contributed by atoms with Crippen LogP contribution >= 0.6 is 0 Å². The average molecular weight is 368 g/mol. The Morgan fingerprint density at radius 1 is 1.30 bits per heavy atom. The maximum absolute atomic E-state index is 12.1. The van der Waals surface area contributed by atoms with Crippen LogP contribution in [-0.4, -0.2) is 22.4 Å². The van der Waals surface area contributed by atoms with Gasteiger partial charge in [0.05, 0.1) is 11.0 Å². The van der Waals surface area contributed by atoms with E-state index in [-0.39, 0.29) is 23.2 Å². The van der Waals surface area contributed by atoms with E-state index in [0.717, 1.165) is 5.56 Å². The number of nitrogens with zero attached hydrogens (tertiary/aromatic N) is 1. The first-order valence-electron chi connectivity index (χ1n) is 8.35. The van der Waals surface area contributed by atoms with Crippen LogP contribution in [0.2, 0.25) is 0 Å². The van der Waals surface area contributed by atoms with Gasteiger partial charge in [0.15, 0.2) is 0 Å². The zero-order valence-electron chi connectivity index (χ0n) is 14.3. The Balaban J connectivity index is 1.71. The van der Waals surface area contributed by atoms with Gasteiger partial charge < -0.3 is 9.72 Å². The van der Waals surface area contributed by atoms with Crippen LogP contribution in [0.1, 0.15) is 33.2 Å². The van der Waals surface area contributed by atoms with E-state index in [1.54, 1.807) is 31.2 Å². The quantitative estimate of drug-likeness (QED) is 0.426. The molecule has 9 nitrogen and oxygen atoms in total. The maximum Gasteiger partial charge on any atom is 0.349 e. The number of pyridine rings is 1. The van der Waals surface area contributed by atoms with Crippen molar-refractivity contribution < 1.29 is 14.5 Å². The molecule has 2 aromatic rings. The van der Waals surface area contributed by atoms with Crippen LogP contribution < -0.4 is 16.4 Å². The van der Waals surface area contributed by atoms with Gasteiger partial charge in [-0.2, -0.15) is 0 Å². The highest BCUT2D eigenvalue weighted by atomic mass is 16.6. The van der Waals surface area contributed by atoms with E-state index in [1.165, 1.54) is 12.1 Å². The number of hydrazine groups is 1. The number of cyclic esters (lactones) is 1. The van der Waals surface area contributed by atoms with Crippen LogP contribution in [0.5, 0.6) is 0 Å². The smallest absolute Gasteiger partial charge is 0.349 e. The second-order valence-electron chi connectivity index (χ2n) is 6.51. The van der Waals surface area contributed by atoms with Crippen molar-refractivity contribution in [2.75, 3.05) is 6.54 Å². The van der Waals surface area contributed by atoms with E-state index in [1.807, 2.05) is 0 Å². The monoisotopic (exact) mass is 368 g/mol. The minimum absolute atomic E-state index is 0.00216. The molecule has 0 saturated carbocycles. The maximum atomic E-state index is 12.1. The average Bonchev–Trinajstić information content (AvgIpc) is 3.20. The van der Waals surface area contributed by atoms with Crippen LogP contribution in [0.15, 0.2) is 41.2 Å². The molecule has 1 fully saturated rings. The number of nitro groups is 1. The first-order chi connectivity index (χ1) is 12.9. The predicted octanol–water partition coefficient (Wildman–Crippen LogP) is 1.57. The highest BCUT2D eigenvalue weighted by molar-refractivity contribution is 6.02. The molecule has 9 heteroatoms. The number of aromatic amines is 1. The fourth-order valence-electron chi connectivity index (χ4n) is 3.44. The van der Waals surface area contributed by atoms with E-state index in [4.69, 9.17) is 4.74 Å². The van der Waals surface area contributed by atoms with Gasteiger partial charge in [-0.25, -0.2) is 10.2 Å². The Hall–Kier alpha value is -3.30. The molecule has 1 aromatic carbocycles. The summed E-state index contributed by atoms with van der Waals surface area (Å²) in [6.07, 6.45) is 1.78. The van der Waals surface area contributed by atoms with Crippen LogP contribution in [0.25, 0.3) is 5.76 Å². The van der Waals surface area contributed by atoms with Crippen LogP contribution in [0.4, 0.5) is 5.69 Å². The SMILES string of the molecule is Cc1cc2c(c(=O)[nH]1)C(=O)O/C2=C/C1CNNC1c1cccc([N+](=O)[O-])c1. The number of nitro benzene ring substituents is 1. The molecule has 2 unspecified atom stereocenters. The van der Waals surface area contributed by atoms with Crippen molar-refractivity contribution in [1.29, 1.82) is 0 Å². The number of fused-ring (bicyclic) bond motifs is 1. The number of H-pyrrole nitrogens is 1. The highest BCUT2D eigenvalue weighted by Gasteiger charge is 2.34. The van der Waals surface area contributed by atoms with E-state index in [2.05, 4.69) is 15.8 Å². The number of carbonyl (C=O) groups is 1. The number of rotatable bonds is 3. The zero-order chi connectivity index (χ0) is 19.1. The Morgan fingerprint density at radius 2 is 2.11 bits per heavy atom. The second-order valence-corrected chi connectivity index (χ2v) is 6.51. The van der Waals surface area contributed by atoms with E-state index >= 15 is 0 Å². The summed E-state index contributed by atoms with van der Waals surface area (Å²) in [6.45, 7) is 2.26. The third kappa shape index (κ3) is 3.03. The van der Waals surface area contributed by atoms with Crippen molar-refractivity contribution in [2.24, 2.45) is 5.92 Å². The number of ether oxygens (including phenoxy) is 1. The second kappa shape index (κ2) is 6.45. The van der Waals surface area contributed by atoms with Crippen LogP contribution in [-0.2, 0) is 4.74 Å². The molecule has 0 bridgehead atoms. The lowest BCUT2D eigenvalue weighted by Gasteiger charge is -2.16. The summed E-state index contributed by atoms with van der Waals surface area (Å²) in [7, 11) is 0. The van der Waals surface area contributed by atoms with Crippen molar-refractivity contribution in [2.45, 2.75) is 13.0 Å². The number of aromatic nitrogens is 1. The van der Waals surface area contributed by atoms with Gasteiger partial charge in [0.25, 0.3) is 11.2 Å². The summed E-state index contributed by atoms with van der Waals surface area (Å²) in [5, 5.41) is 11.0. The predicted molar refractivity (Wildman–Crippen MR) is 95.7 cm³/mol. The van der Waals surface area contributed by atoms with Crippen LogP contribution in [0, 0.1) is 23.0 Å². The molecule has 2 atom stereocenters. The fraction of sp³-hybridized carbons (Fsp3) is 0.222. The van der Waals surface area contributed by atoms with Crippen molar-refractivity contribution in [3.05, 3.63) is 79.3 Å². The Labute approximate surface area is 153 Å². The van der Waals surface area contributed by atoms with Crippen LogP contribution in [0.3, 0.4) is 0 Å². The van der Waals surface area contributed by atoms with Gasteiger partial charge in [0, 0.05) is 35.9 Å². The van der Waals surface area contributed by atoms with Gasteiger partial charge in [0.1, 0.15) is 11.3 Å². The first-order valence-corrected chi connectivity index (χ1v) is 8.35. The van der Waals surface area contributed by atoms with Gasteiger partial charge in [-0.15, -0.1) is 0 Å². The molecule has 3 heterocycles. The molecule has 0 radical (unpaired) electrons. The lowest BCUT2D eigenvalue weighted by Crippen LogP contribution is -2.24. The number of nitrogens with one attached hydrogen (secondary N) is 3. The number of aryl methyl sites for hydroxylation is 1. The molecule has 138 valence electrons. The number of carbonyl (C=O) groups excluding carboxylic acids is 1. The van der Waals surface area contributed by atoms with Gasteiger partial charge in [0.2, 0.25) is 0 Å². The topological polar surface area (TPSA) is 126 Å². The van der Waals surface area contributed by atoms with Gasteiger partial charge in [-0.1, -0.05) is 12.1 Å². The molecule has 2 aliphatic heterocycles. The molecule has 0 amide bonds. The Bertz CT molecular complexity index is 1040. The fourth-order valence-corrected chi connectivity index (χ4v) is 3.44. The lowest BCUT2D eigenvalue weighted by molar-refractivity contribution is -0.384. The Kier molecular flexibility index (Phi) is 4.09. The van der Waals surface area contributed by atoms with Gasteiger partial charge >= 0.3 is 5.97 Å². The molecule has 3 N–H and O–H groups in total. The summed E-state index contributed by atoms with van der Waals surface area (Å²) in [5.74, 6) is -0.487. The third-order valence-corrected chi connectivity index (χ3v) is 4.67. The number of esters is 1. The largest absolute Gasteiger partial charge is 0.422 e.